The van der Waals surface area contributed by atoms with E-state index in [0.717, 1.165) is 57.2 Å². The lowest BCUT2D eigenvalue weighted by Crippen LogP contribution is -2.36. The zero-order chi connectivity index (χ0) is 19.5. The highest BCUT2D eigenvalue weighted by Gasteiger charge is 2.19. The van der Waals surface area contributed by atoms with Crippen LogP contribution in [0.15, 0.2) is 54.7 Å². The first-order chi connectivity index (χ1) is 14.4. The molecule has 0 saturated carbocycles. The summed E-state index contributed by atoms with van der Waals surface area (Å²) in [7, 11) is 0. The summed E-state index contributed by atoms with van der Waals surface area (Å²) in [5.74, 6) is 1.36. The fourth-order valence-corrected chi connectivity index (χ4v) is 3.95. The van der Waals surface area contributed by atoms with Crippen molar-refractivity contribution in [1.29, 1.82) is 0 Å². The molecule has 1 aromatic heterocycles. The maximum Gasteiger partial charge on any atom is 0.247 e. The van der Waals surface area contributed by atoms with Crippen molar-refractivity contribution in [2.75, 3.05) is 48.0 Å². The molecule has 0 spiro atoms. The molecule has 0 amide bonds. The summed E-state index contributed by atoms with van der Waals surface area (Å²) in [6.45, 7) is 4.99. The van der Waals surface area contributed by atoms with E-state index in [1.807, 2.05) is 6.07 Å². The molecule has 0 unspecified atom stereocenters. The van der Waals surface area contributed by atoms with Crippen LogP contribution in [0.4, 0.5) is 23.1 Å². The Kier molecular flexibility index (Phi) is 4.96. The summed E-state index contributed by atoms with van der Waals surface area (Å²) in [6, 6.07) is 16.9. The summed E-state index contributed by atoms with van der Waals surface area (Å²) in [4.78, 5) is 9.27. The number of morpholine rings is 1. The molecule has 3 heterocycles. The number of fused-ring (bicyclic) bond motifs is 1. The Balaban J connectivity index is 1.36. The van der Waals surface area contributed by atoms with Gasteiger partial charge in [-0.2, -0.15) is 10.1 Å². The fourth-order valence-electron chi connectivity index (χ4n) is 3.95. The van der Waals surface area contributed by atoms with Gasteiger partial charge in [-0.15, -0.1) is 5.10 Å². The molecule has 0 aliphatic carbocycles. The minimum absolute atomic E-state index is 0.661. The SMILES string of the molecule is c1ccc2c(c1)CCN(c1nncc(Nc3ccccc3N3CCOCC3)n1)C2. The lowest BCUT2D eigenvalue weighted by Gasteiger charge is -2.30. The van der Waals surface area contributed by atoms with Crippen LogP contribution in [0.1, 0.15) is 11.1 Å². The number of benzene rings is 2. The topological polar surface area (TPSA) is 66.4 Å². The summed E-state index contributed by atoms with van der Waals surface area (Å²) in [5, 5.41) is 11.9. The largest absolute Gasteiger partial charge is 0.378 e. The van der Waals surface area contributed by atoms with Gasteiger partial charge in [-0.05, 0) is 29.7 Å². The molecule has 1 saturated heterocycles. The lowest BCUT2D eigenvalue weighted by molar-refractivity contribution is 0.123. The van der Waals surface area contributed by atoms with Crippen LogP contribution < -0.4 is 15.1 Å². The van der Waals surface area contributed by atoms with Crippen molar-refractivity contribution in [1.82, 2.24) is 15.2 Å². The highest BCUT2D eigenvalue weighted by atomic mass is 16.5. The van der Waals surface area contributed by atoms with Crippen molar-refractivity contribution in [3.8, 4) is 0 Å². The van der Waals surface area contributed by atoms with E-state index in [-0.39, 0.29) is 0 Å². The fraction of sp³-hybridized carbons (Fsp3) is 0.318. The number of anilines is 4. The van der Waals surface area contributed by atoms with E-state index in [9.17, 15) is 0 Å². The second-order valence-corrected chi connectivity index (χ2v) is 7.32. The molecule has 1 fully saturated rings. The molecule has 0 bridgehead atoms. The Morgan fingerprint density at radius 3 is 2.55 bits per heavy atom. The number of nitrogens with zero attached hydrogens (tertiary/aromatic N) is 5. The van der Waals surface area contributed by atoms with Crippen molar-refractivity contribution in [2.45, 2.75) is 13.0 Å². The van der Waals surface area contributed by atoms with Gasteiger partial charge in [0, 0.05) is 26.2 Å². The number of hydrogen-bond donors (Lipinski definition) is 1. The molecule has 0 atom stereocenters. The maximum atomic E-state index is 5.49. The third-order valence-corrected chi connectivity index (χ3v) is 5.48. The molecule has 7 nitrogen and oxygen atoms in total. The highest BCUT2D eigenvalue weighted by molar-refractivity contribution is 5.74. The van der Waals surface area contributed by atoms with E-state index < -0.39 is 0 Å². The average Bonchev–Trinajstić information content (AvgIpc) is 2.80. The van der Waals surface area contributed by atoms with Crippen molar-refractivity contribution in [2.24, 2.45) is 0 Å². The van der Waals surface area contributed by atoms with Crippen molar-refractivity contribution >= 4 is 23.1 Å². The van der Waals surface area contributed by atoms with Gasteiger partial charge in [0.2, 0.25) is 5.95 Å². The van der Waals surface area contributed by atoms with E-state index in [1.165, 1.54) is 11.1 Å². The molecule has 148 valence electrons. The van der Waals surface area contributed by atoms with Gasteiger partial charge in [-0.1, -0.05) is 36.4 Å². The van der Waals surface area contributed by atoms with E-state index in [1.54, 1.807) is 6.20 Å². The second-order valence-electron chi connectivity index (χ2n) is 7.32. The Morgan fingerprint density at radius 2 is 1.66 bits per heavy atom. The van der Waals surface area contributed by atoms with Crippen molar-refractivity contribution in [3.05, 3.63) is 65.9 Å². The van der Waals surface area contributed by atoms with Gasteiger partial charge in [0.05, 0.1) is 30.8 Å². The van der Waals surface area contributed by atoms with Crippen LogP contribution >= 0.6 is 0 Å². The van der Waals surface area contributed by atoms with Crippen LogP contribution in [0, 0.1) is 0 Å². The van der Waals surface area contributed by atoms with Crippen LogP contribution in [0.5, 0.6) is 0 Å². The third kappa shape index (κ3) is 3.86. The summed E-state index contributed by atoms with van der Waals surface area (Å²) in [6.07, 6.45) is 2.68. The first-order valence-electron chi connectivity index (χ1n) is 10.1. The molecule has 5 rings (SSSR count). The number of nitrogens with one attached hydrogen (secondary N) is 1. The standard InChI is InChI=1S/C22H24N6O/c1-2-6-18-16-28(10-9-17(18)5-1)22-25-21(15-23-26-22)24-19-7-3-4-8-20(19)27-11-13-29-14-12-27/h1-8,15H,9-14,16H2,(H,24,25,26). The van der Waals surface area contributed by atoms with Gasteiger partial charge >= 0.3 is 0 Å². The normalized spacial score (nSPS) is 16.4. The molecule has 1 N–H and O–H groups in total. The molecule has 29 heavy (non-hydrogen) atoms. The molecular weight excluding hydrogens is 364 g/mol. The lowest BCUT2D eigenvalue weighted by atomic mass is 10.0. The summed E-state index contributed by atoms with van der Waals surface area (Å²) >= 11 is 0. The number of hydrogen-bond acceptors (Lipinski definition) is 7. The van der Waals surface area contributed by atoms with E-state index in [2.05, 4.69) is 67.8 Å². The number of para-hydroxylation sites is 2. The first kappa shape index (κ1) is 17.9. The highest BCUT2D eigenvalue weighted by Crippen LogP contribution is 2.29. The summed E-state index contributed by atoms with van der Waals surface area (Å²) in [5.41, 5.74) is 4.91. The predicted octanol–water partition coefficient (Wildman–Crippen LogP) is 3.01. The zero-order valence-electron chi connectivity index (χ0n) is 16.3. The second kappa shape index (κ2) is 8.05. The Labute approximate surface area is 170 Å². The van der Waals surface area contributed by atoms with Gasteiger partial charge in [-0.25, -0.2) is 0 Å². The Hall–Kier alpha value is -3.19. The molecule has 3 aromatic rings. The third-order valence-electron chi connectivity index (χ3n) is 5.48. The van der Waals surface area contributed by atoms with Gasteiger partial charge in [-0.3, -0.25) is 0 Å². The number of aromatic nitrogens is 3. The maximum absolute atomic E-state index is 5.49. The number of rotatable bonds is 4. The summed E-state index contributed by atoms with van der Waals surface area (Å²) < 4.78 is 5.49. The molecular formula is C22H24N6O. The van der Waals surface area contributed by atoms with Gasteiger partial charge in [0.25, 0.3) is 0 Å². The van der Waals surface area contributed by atoms with Crippen LogP contribution in [0.3, 0.4) is 0 Å². The minimum Gasteiger partial charge on any atom is -0.378 e. The van der Waals surface area contributed by atoms with Gasteiger partial charge in [0.1, 0.15) is 0 Å². The van der Waals surface area contributed by atoms with E-state index in [0.29, 0.717) is 11.8 Å². The van der Waals surface area contributed by atoms with Gasteiger partial charge in [0.15, 0.2) is 5.82 Å². The predicted molar refractivity (Wildman–Crippen MR) is 114 cm³/mol. The monoisotopic (exact) mass is 388 g/mol. The van der Waals surface area contributed by atoms with Crippen LogP contribution in [0.2, 0.25) is 0 Å². The zero-order valence-corrected chi connectivity index (χ0v) is 16.3. The molecule has 0 radical (unpaired) electrons. The Bertz CT molecular complexity index is 988. The van der Waals surface area contributed by atoms with Crippen molar-refractivity contribution in [3.63, 3.8) is 0 Å². The van der Waals surface area contributed by atoms with Crippen LogP contribution in [-0.2, 0) is 17.7 Å². The first-order valence-corrected chi connectivity index (χ1v) is 10.1. The van der Waals surface area contributed by atoms with E-state index in [4.69, 9.17) is 9.72 Å². The molecule has 2 aromatic carbocycles. The minimum atomic E-state index is 0.661. The molecule has 2 aliphatic rings. The van der Waals surface area contributed by atoms with Crippen LogP contribution in [0.25, 0.3) is 0 Å². The molecule has 7 heteroatoms. The quantitative estimate of drug-likeness (QED) is 0.737. The number of ether oxygens (including phenoxy) is 1. The average molecular weight is 388 g/mol. The van der Waals surface area contributed by atoms with Crippen LogP contribution in [-0.4, -0.2) is 48.0 Å². The van der Waals surface area contributed by atoms with Gasteiger partial charge < -0.3 is 19.9 Å². The van der Waals surface area contributed by atoms with E-state index >= 15 is 0 Å². The van der Waals surface area contributed by atoms with Crippen molar-refractivity contribution < 1.29 is 4.74 Å². The Morgan fingerprint density at radius 1 is 0.862 bits per heavy atom. The molecule has 2 aliphatic heterocycles. The smallest absolute Gasteiger partial charge is 0.247 e.